The molecule has 2 amide bonds. The lowest BCUT2D eigenvalue weighted by molar-refractivity contribution is -0.131. The molecule has 2 aliphatic rings. The number of benzene rings is 1. The van der Waals surface area contributed by atoms with Crippen LogP contribution in [0.1, 0.15) is 42.9 Å². The third kappa shape index (κ3) is 3.55. The van der Waals surface area contributed by atoms with E-state index in [0.717, 1.165) is 49.7 Å². The monoisotopic (exact) mass is 408 g/mol. The number of H-pyrrole nitrogens is 1. The number of carbonyl (C=O) groups excluding carboxylic acids is 2. The van der Waals surface area contributed by atoms with Gasteiger partial charge in [0.1, 0.15) is 0 Å². The second-order valence-electron chi connectivity index (χ2n) is 7.89. The van der Waals surface area contributed by atoms with E-state index in [9.17, 15) is 9.59 Å². The summed E-state index contributed by atoms with van der Waals surface area (Å²) in [7, 11) is 0. The zero-order valence-corrected chi connectivity index (χ0v) is 17.1. The van der Waals surface area contributed by atoms with Crippen LogP contribution >= 0.6 is 11.3 Å². The minimum absolute atomic E-state index is 0.131. The second-order valence-corrected chi connectivity index (χ2v) is 8.73. The second kappa shape index (κ2) is 7.63. The number of hydrogen-bond donors (Lipinski definition) is 1. The molecular formula is C22H24N4O2S. The van der Waals surface area contributed by atoms with E-state index in [1.165, 1.54) is 27.8 Å². The smallest absolute Gasteiger partial charge is 0.228 e. The minimum atomic E-state index is 0.131. The number of nitrogens with one attached hydrogen (secondary N) is 1. The van der Waals surface area contributed by atoms with Gasteiger partial charge in [0.15, 0.2) is 5.13 Å². The van der Waals surface area contributed by atoms with Gasteiger partial charge in [0.2, 0.25) is 11.8 Å². The lowest BCUT2D eigenvalue weighted by Gasteiger charge is -2.32. The Morgan fingerprint density at radius 1 is 1.21 bits per heavy atom. The van der Waals surface area contributed by atoms with Gasteiger partial charge in [0.05, 0.1) is 12.1 Å². The molecule has 6 nitrogen and oxygen atoms in total. The number of hydrogen-bond acceptors (Lipinski definition) is 4. The minimum Gasteiger partial charge on any atom is -0.361 e. The topological polar surface area (TPSA) is 69.3 Å². The van der Waals surface area contributed by atoms with Crippen LogP contribution in [-0.4, -0.2) is 46.3 Å². The lowest BCUT2D eigenvalue weighted by Crippen LogP contribution is -2.38. The molecule has 0 bridgehead atoms. The number of amides is 2. The third-order valence-corrected chi connectivity index (χ3v) is 7.00. The number of para-hydroxylation sites is 1. The van der Waals surface area contributed by atoms with E-state index in [0.29, 0.717) is 18.8 Å². The number of fused-ring (bicyclic) bond motifs is 1. The Balaban J connectivity index is 1.19. The van der Waals surface area contributed by atoms with Crippen molar-refractivity contribution in [1.29, 1.82) is 0 Å². The number of aromatic nitrogens is 2. The maximum atomic E-state index is 12.8. The van der Waals surface area contributed by atoms with Crippen molar-refractivity contribution in [1.82, 2.24) is 14.9 Å². The van der Waals surface area contributed by atoms with Crippen molar-refractivity contribution in [3.63, 3.8) is 0 Å². The van der Waals surface area contributed by atoms with Crippen molar-refractivity contribution in [2.24, 2.45) is 0 Å². The molecule has 4 heterocycles. The Labute approximate surface area is 173 Å². The van der Waals surface area contributed by atoms with Gasteiger partial charge in [0, 0.05) is 48.5 Å². The van der Waals surface area contributed by atoms with Crippen molar-refractivity contribution in [3.8, 4) is 0 Å². The van der Waals surface area contributed by atoms with Crippen molar-refractivity contribution < 1.29 is 9.59 Å². The molecule has 1 aromatic carbocycles. The number of likely N-dealkylation sites (tertiary alicyclic amines) is 1. The molecular weight excluding hydrogens is 384 g/mol. The summed E-state index contributed by atoms with van der Waals surface area (Å²) < 4.78 is 0. The van der Waals surface area contributed by atoms with Crippen LogP contribution in [0.15, 0.2) is 35.8 Å². The standard InChI is InChI=1S/C22H24N4O2S/c27-20-6-3-9-26(20)22-24-16(14-29-22)12-21(28)25-10-7-15(8-11-25)18-13-23-19-5-2-1-4-17(18)19/h1-2,4-5,13-15,23H,3,6-12H2. The molecule has 5 rings (SSSR count). The van der Waals surface area contributed by atoms with Gasteiger partial charge in [-0.3, -0.25) is 14.5 Å². The van der Waals surface area contributed by atoms with Crippen LogP contribution in [-0.2, 0) is 16.0 Å². The first kappa shape index (κ1) is 18.4. The predicted molar refractivity (Wildman–Crippen MR) is 114 cm³/mol. The molecule has 0 atom stereocenters. The normalized spacial score (nSPS) is 18.1. The summed E-state index contributed by atoms with van der Waals surface area (Å²) in [6, 6.07) is 8.41. The average molecular weight is 409 g/mol. The fourth-order valence-electron chi connectivity index (χ4n) is 4.49. The van der Waals surface area contributed by atoms with Crippen molar-refractivity contribution in [2.75, 3.05) is 24.5 Å². The summed E-state index contributed by atoms with van der Waals surface area (Å²) in [4.78, 5) is 36.3. The Bertz CT molecular complexity index is 1050. The quantitative estimate of drug-likeness (QED) is 0.716. The Kier molecular flexibility index (Phi) is 4.83. The highest BCUT2D eigenvalue weighted by molar-refractivity contribution is 7.14. The molecule has 1 N–H and O–H groups in total. The zero-order valence-electron chi connectivity index (χ0n) is 16.3. The largest absolute Gasteiger partial charge is 0.361 e. The van der Waals surface area contributed by atoms with Gasteiger partial charge in [-0.05, 0) is 36.8 Å². The van der Waals surface area contributed by atoms with E-state index < -0.39 is 0 Å². The first-order valence-corrected chi connectivity index (χ1v) is 11.2. The van der Waals surface area contributed by atoms with Gasteiger partial charge in [0.25, 0.3) is 0 Å². The fraction of sp³-hybridized carbons (Fsp3) is 0.409. The van der Waals surface area contributed by atoms with E-state index in [1.807, 2.05) is 16.3 Å². The Morgan fingerprint density at radius 3 is 2.83 bits per heavy atom. The highest BCUT2D eigenvalue weighted by Crippen LogP contribution is 2.33. The van der Waals surface area contributed by atoms with Gasteiger partial charge >= 0.3 is 0 Å². The van der Waals surface area contributed by atoms with Crippen molar-refractivity contribution >= 4 is 39.2 Å². The predicted octanol–water partition coefficient (Wildman–Crippen LogP) is 3.70. The Morgan fingerprint density at radius 2 is 2.03 bits per heavy atom. The summed E-state index contributed by atoms with van der Waals surface area (Å²) in [5, 5.41) is 3.94. The molecule has 0 saturated carbocycles. The van der Waals surface area contributed by atoms with Crippen LogP contribution in [0.25, 0.3) is 10.9 Å². The first-order valence-electron chi connectivity index (χ1n) is 10.3. The Hall–Kier alpha value is -2.67. The van der Waals surface area contributed by atoms with Crippen LogP contribution in [0.3, 0.4) is 0 Å². The molecule has 0 radical (unpaired) electrons. The summed E-state index contributed by atoms with van der Waals surface area (Å²) in [6.45, 7) is 2.30. The number of piperidine rings is 1. The number of carbonyl (C=O) groups is 2. The van der Waals surface area contributed by atoms with E-state index in [4.69, 9.17) is 0 Å². The lowest BCUT2D eigenvalue weighted by atomic mass is 9.89. The summed E-state index contributed by atoms with van der Waals surface area (Å²) in [5.74, 6) is 0.755. The number of thiazole rings is 1. The maximum absolute atomic E-state index is 12.8. The first-order chi connectivity index (χ1) is 14.2. The van der Waals surface area contributed by atoms with Crippen molar-refractivity contribution in [3.05, 3.63) is 47.1 Å². The molecule has 2 aliphatic heterocycles. The van der Waals surface area contributed by atoms with Gasteiger partial charge in [-0.2, -0.15) is 0 Å². The van der Waals surface area contributed by atoms with Gasteiger partial charge in [-0.25, -0.2) is 4.98 Å². The molecule has 0 unspecified atom stereocenters. The van der Waals surface area contributed by atoms with E-state index >= 15 is 0 Å². The summed E-state index contributed by atoms with van der Waals surface area (Å²) >= 11 is 1.46. The van der Waals surface area contributed by atoms with Gasteiger partial charge in [-0.15, -0.1) is 11.3 Å². The molecule has 0 spiro atoms. The number of aromatic amines is 1. The van der Waals surface area contributed by atoms with Crippen LogP contribution in [0.2, 0.25) is 0 Å². The molecule has 7 heteroatoms. The molecule has 150 valence electrons. The van der Waals surface area contributed by atoms with Gasteiger partial charge in [-0.1, -0.05) is 18.2 Å². The molecule has 2 aromatic heterocycles. The van der Waals surface area contributed by atoms with Crippen molar-refractivity contribution in [2.45, 2.75) is 38.0 Å². The molecule has 3 aromatic rings. The van der Waals surface area contributed by atoms with Crippen LogP contribution in [0.5, 0.6) is 0 Å². The molecule has 0 aliphatic carbocycles. The zero-order chi connectivity index (χ0) is 19.8. The summed E-state index contributed by atoms with van der Waals surface area (Å²) in [5.41, 5.74) is 3.32. The van der Waals surface area contributed by atoms with Crippen LogP contribution in [0.4, 0.5) is 5.13 Å². The van der Waals surface area contributed by atoms with E-state index in [2.05, 4.69) is 34.4 Å². The molecule has 29 heavy (non-hydrogen) atoms. The molecule has 2 saturated heterocycles. The average Bonchev–Trinajstić information content (AvgIpc) is 3.47. The summed E-state index contributed by atoms with van der Waals surface area (Å²) in [6.07, 6.45) is 5.90. The fourth-order valence-corrected chi connectivity index (χ4v) is 5.36. The van der Waals surface area contributed by atoms with E-state index in [-0.39, 0.29) is 11.8 Å². The SMILES string of the molecule is O=C(Cc1csc(N2CCCC2=O)n1)N1CCC(c2c[nH]c3ccccc23)CC1. The molecule has 2 fully saturated rings. The maximum Gasteiger partial charge on any atom is 0.228 e. The highest BCUT2D eigenvalue weighted by atomic mass is 32.1. The number of nitrogens with zero attached hydrogens (tertiary/aromatic N) is 3. The van der Waals surface area contributed by atoms with Crippen LogP contribution < -0.4 is 4.90 Å². The van der Waals surface area contributed by atoms with E-state index in [1.54, 1.807) is 4.90 Å². The number of anilines is 1. The van der Waals surface area contributed by atoms with Gasteiger partial charge < -0.3 is 9.88 Å². The van der Waals surface area contributed by atoms with Crippen LogP contribution in [0, 0.1) is 0 Å². The highest BCUT2D eigenvalue weighted by Gasteiger charge is 2.27. The third-order valence-electron chi connectivity index (χ3n) is 6.09. The number of rotatable bonds is 4.